The van der Waals surface area contributed by atoms with Crippen molar-refractivity contribution in [2.45, 2.75) is 12.3 Å². The number of rotatable bonds is 0. The van der Waals surface area contributed by atoms with Crippen molar-refractivity contribution in [3.63, 3.8) is 0 Å². The first-order valence-corrected chi connectivity index (χ1v) is 2.09. The second kappa shape index (κ2) is 1.84. The maximum atomic E-state index is 11.8. The Morgan fingerprint density at radius 3 is 1.25 bits per heavy atom. The van der Waals surface area contributed by atoms with Crippen molar-refractivity contribution in [3.05, 3.63) is 0 Å². The summed E-state index contributed by atoms with van der Waals surface area (Å²) in [7, 11) is 0. The van der Waals surface area contributed by atoms with E-state index in [0.717, 1.165) is 0 Å². The van der Waals surface area contributed by atoms with Gasteiger partial charge in [-0.05, 0) is 23.7 Å². The zero-order valence-corrected chi connectivity index (χ0v) is 3.91. The molecule has 0 amide bonds. The first-order chi connectivity index (χ1) is 3.79. The van der Waals surface area contributed by atoms with Crippen LogP contribution in [0.4, 0.5) is 8.78 Å². The Morgan fingerprint density at radius 2 is 1.00 bits per heavy atom. The molecular formula is C6H2F2. The van der Waals surface area contributed by atoms with Gasteiger partial charge in [0.05, 0.1) is 0 Å². The van der Waals surface area contributed by atoms with Crippen LogP contribution in [0.3, 0.4) is 0 Å². The highest BCUT2D eigenvalue weighted by Gasteiger charge is 2.02. The number of hydrogen-bond donors (Lipinski definition) is 0. The fourth-order valence-electron chi connectivity index (χ4n) is 0.365. The molecule has 8 heavy (non-hydrogen) atoms. The summed E-state index contributed by atoms with van der Waals surface area (Å²) in [5.74, 6) is 7.87. The van der Waals surface area contributed by atoms with Crippen LogP contribution in [0.15, 0.2) is 0 Å². The summed E-state index contributed by atoms with van der Waals surface area (Å²) in [5, 5.41) is 0. The molecule has 1 aliphatic carbocycles. The van der Waals surface area contributed by atoms with Gasteiger partial charge in [0.15, 0.2) is 0 Å². The minimum atomic E-state index is -1.44. The molecule has 0 saturated carbocycles. The molecule has 0 unspecified atom stereocenters. The van der Waals surface area contributed by atoms with Gasteiger partial charge in [0.2, 0.25) is 12.3 Å². The average molecular weight is 112 g/mol. The minimum Gasteiger partial charge on any atom is -0.219 e. The van der Waals surface area contributed by atoms with Crippen LogP contribution in [0.5, 0.6) is 0 Å². The average Bonchev–Trinajstić information content (AvgIpc) is 1.77. The summed E-state index contributed by atoms with van der Waals surface area (Å²) >= 11 is 0. The second-order valence-corrected chi connectivity index (χ2v) is 1.30. The molecule has 0 heterocycles. The lowest BCUT2D eigenvalue weighted by Crippen LogP contribution is -2.01. The summed E-state index contributed by atoms with van der Waals surface area (Å²) in [6.07, 6.45) is -2.89. The molecule has 0 saturated heterocycles. The largest absolute Gasteiger partial charge is 0.221 e. The van der Waals surface area contributed by atoms with Crippen molar-refractivity contribution in [3.8, 4) is 23.7 Å². The van der Waals surface area contributed by atoms with Gasteiger partial charge in [-0.25, -0.2) is 8.78 Å². The molecule has 0 spiro atoms. The lowest BCUT2D eigenvalue weighted by Gasteiger charge is -1.92. The fourth-order valence-corrected chi connectivity index (χ4v) is 0.365. The summed E-state index contributed by atoms with van der Waals surface area (Å²) in [6, 6.07) is 0. The van der Waals surface area contributed by atoms with E-state index in [1.807, 2.05) is 23.7 Å². The van der Waals surface area contributed by atoms with Gasteiger partial charge in [-0.2, -0.15) is 0 Å². The molecule has 0 nitrogen and oxygen atoms in total. The molecule has 0 aliphatic heterocycles. The molecule has 2 heteroatoms. The number of halogens is 2. The summed E-state index contributed by atoms with van der Waals surface area (Å²) in [4.78, 5) is 0. The van der Waals surface area contributed by atoms with Crippen LogP contribution in [0.25, 0.3) is 0 Å². The molecule has 1 rings (SSSR count). The van der Waals surface area contributed by atoms with Crippen LogP contribution in [0, 0.1) is 23.7 Å². The monoisotopic (exact) mass is 112 g/mol. The Kier molecular flexibility index (Phi) is 1.18. The van der Waals surface area contributed by atoms with Gasteiger partial charge in [0.25, 0.3) is 0 Å². The van der Waals surface area contributed by atoms with Crippen LogP contribution in [-0.4, -0.2) is 12.3 Å². The molecule has 0 radical (unpaired) electrons. The first-order valence-electron chi connectivity index (χ1n) is 2.09. The Bertz CT molecular complexity index is 158. The van der Waals surface area contributed by atoms with Crippen LogP contribution >= 0.6 is 0 Å². The Labute approximate surface area is 45.9 Å². The predicted octanol–water partition coefficient (Wildman–Crippen LogP) is 0.683. The number of hydrogen-bond acceptors (Lipinski definition) is 0. The smallest absolute Gasteiger partial charge is 0.219 e. The highest BCUT2D eigenvalue weighted by molar-refractivity contribution is 5.32. The van der Waals surface area contributed by atoms with Gasteiger partial charge in [0.1, 0.15) is 0 Å². The van der Waals surface area contributed by atoms with E-state index in [1.165, 1.54) is 0 Å². The standard InChI is InChI=1S/C6H2F2/c7-5-1-2-6(8)4-3-5/h5-6H. The van der Waals surface area contributed by atoms with E-state index in [4.69, 9.17) is 0 Å². The molecule has 0 bridgehead atoms. The molecule has 0 aromatic rings. The van der Waals surface area contributed by atoms with E-state index < -0.39 is 12.3 Å². The fraction of sp³-hybridized carbons (Fsp3) is 0.333. The zero-order valence-electron chi connectivity index (χ0n) is 3.91. The maximum Gasteiger partial charge on any atom is 0.221 e. The van der Waals surface area contributed by atoms with E-state index in [0.29, 0.717) is 0 Å². The topological polar surface area (TPSA) is 0 Å². The molecule has 0 aromatic heterocycles. The summed E-state index contributed by atoms with van der Waals surface area (Å²) in [5.41, 5.74) is 0. The van der Waals surface area contributed by atoms with E-state index in [1.54, 1.807) is 0 Å². The van der Waals surface area contributed by atoms with E-state index in [-0.39, 0.29) is 0 Å². The van der Waals surface area contributed by atoms with Crippen LogP contribution in [0.1, 0.15) is 0 Å². The summed E-state index contributed by atoms with van der Waals surface area (Å²) in [6.45, 7) is 0. The Hall–Kier alpha value is -1.02. The Balaban J connectivity index is 2.69. The summed E-state index contributed by atoms with van der Waals surface area (Å²) < 4.78 is 23.7. The van der Waals surface area contributed by atoms with E-state index >= 15 is 0 Å². The van der Waals surface area contributed by atoms with Crippen molar-refractivity contribution in [1.29, 1.82) is 0 Å². The van der Waals surface area contributed by atoms with Crippen molar-refractivity contribution in [1.82, 2.24) is 0 Å². The first kappa shape index (κ1) is 5.12. The van der Waals surface area contributed by atoms with E-state index in [2.05, 4.69) is 0 Å². The SMILES string of the molecule is FC1C#CC(F)C#C1. The predicted molar refractivity (Wildman–Crippen MR) is 25.3 cm³/mol. The third kappa shape index (κ3) is 0.978. The molecular weight excluding hydrogens is 110 g/mol. The van der Waals surface area contributed by atoms with Gasteiger partial charge < -0.3 is 0 Å². The lowest BCUT2D eigenvalue weighted by atomic mass is 10.2. The third-order valence-corrected chi connectivity index (χ3v) is 0.674. The van der Waals surface area contributed by atoms with Crippen molar-refractivity contribution in [2.24, 2.45) is 0 Å². The van der Waals surface area contributed by atoms with Gasteiger partial charge >= 0.3 is 0 Å². The van der Waals surface area contributed by atoms with Crippen LogP contribution in [-0.2, 0) is 0 Å². The van der Waals surface area contributed by atoms with Gasteiger partial charge in [-0.3, -0.25) is 0 Å². The lowest BCUT2D eigenvalue weighted by molar-refractivity contribution is 0.467. The molecule has 1 aliphatic rings. The Morgan fingerprint density at radius 1 is 0.750 bits per heavy atom. The molecule has 0 aromatic carbocycles. The van der Waals surface area contributed by atoms with Gasteiger partial charge in [-0.1, -0.05) is 0 Å². The third-order valence-electron chi connectivity index (χ3n) is 0.674. The van der Waals surface area contributed by atoms with Crippen LogP contribution < -0.4 is 0 Å². The normalized spacial score (nSPS) is 31.8. The quantitative estimate of drug-likeness (QED) is 0.404. The van der Waals surface area contributed by atoms with E-state index in [9.17, 15) is 8.78 Å². The van der Waals surface area contributed by atoms with Crippen molar-refractivity contribution >= 4 is 0 Å². The van der Waals surface area contributed by atoms with Crippen LogP contribution in [0.2, 0.25) is 0 Å². The highest BCUT2D eigenvalue weighted by Crippen LogP contribution is 1.94. The van der Waals surface area contributed by atoms with Crippen molar-refractivity contribution < 1.29 is 8.78 Å². The zero-order chi connectivity index (χ0) is 5.98. The number of alkyl halides is 2. The molecule has 0 N–H and O–H groups in total. The van der Waals surface area contributed by atoms with Gasteiger partial charge in [0, 0.05) is 0 Å². The highest BCUT2D eigenvalue weighted by atomic mass is 19.1. The molecule has 40 valence electrons. The van der Waals surface area contributed by atoms with Crippen molar-refractivity contribution in [2.75, 3.05) is 0 Å². The van der Waals surface area contributed by atoms with Gasteiger partial charge in [-0.15, -0.1) is 0 Å². The second-order valence-electron chi connectivity index (χ2n) is 1.30. The minimum absolute atomic E-state index is 1.44. The molecule has 0 atom stereocenters. The molecule has 0 fully saturated rings. The maximum absolute atomic E-state index is 11.8.